The van der Waals surface area contributed by atoms with Gasteiger partial charge < -0.3 is 20.7 Å². The molecule has 8 nitrogen and oxygen atoms in total. The Labute approximate surface area is 189 Å². The molecule has 0 aliphatic carbocycles. The number of nitrogens with zero attached hydrogens (tertiary/aromatic N) is 1. The van der Waals surface area contributed by atoms with Crippen LogP contribution in [0.25, 0.3) is 0 Å². The van der Waals surface area contributed by atoms with Crippen LogP contribution >= 0.6 is 0 Å². The van der Waals surface area contributed by atoms with Crippen molar-refractivity contribution < 1.29 is 14.3 Å². The Hall–Kier alpha value is -3.55. The fourth-order valence-corrected chi connectivity index (χ4v) is 2.77. The lowest BCUT2D eigenvalue weighted by atomic mass is 10.1. The number of aliphatic imine (C=N–C) groups is 1. The van der Waals surface area contributed by atoms with Crippen molar-refractivity contribution in [3.63, 3.8) is 0 Å². The lowest BCUT2D eigenvalue weighted by molar-refractivity contribution is 0.0635. The summed E-state index contributed by atoms with van der Waals surface area (Å²) in [5.41, 5.74) is 1.92. The molecule has 0 aromatic heterocycles. The van der Waals surface area contributed by atoms with E-state index in [1.165, 1.54) is 0 Å². The van der Waals surface area contributed by atoms with Crippen molar-refractivity contribution in [3.05, 3.63) is 65.7 Å². The van der Waals surface area contributed by atoms with Crippen molar-refractivity contribution in [1.82, 2.24) is 16.0 Å². The number of nitrogens with one attached hydrogen (secondary N) is 4. The number of benzene rings is 2. The van der Waals surface area contributed by atoms with E-state index in [0.717, 1.165) is 12.0 Å². The molecule has 2 rings (SSSR count). The highest BCUT2D eigenvalue weighted by Crippen LogP contribution is 2.13. The molecule has 0 bridgehead atoms. The quantitative estimate of drug-likeness (QED) is 0.287. The molecular formula is C24H33N5O3. The number of hydrogen-bond donors (Lipinski definition) is 4. The first kappa shape index (κ1) is 24.7. The van der Waals surface area contributed by atoms with Crippen molar-refractivity contribution in [3.8, 4) is 0 Å². The molecule has 2 aromatic carbocycles. The van der Waals surface area contributed by atoms with Gasteiger partial charge in [0.05, 0.1) is 0 Å². The van der Waals surface area contributed by atoms with Crippen molar-refractivity contribution >= 4 is 23.6 Å². The van der Waals surface area contributed by atoms with Gasteiger partial charge in [-0.15, -0.1) is 0 Å². The topological polar surface area (TPSA) is 104 Å². The van der Waals surface area contributed by atoms with Gasteiger partial charge in [-0.2, -0.15) is 0 Å². The van der Waals surface area contributed by atoms with E-state index in [9.17, 15) is 9.59 Å². The first-order chi connectivity index (χ1) is 15.3. The van der Waals surface area contributed by atoms with Crippen molar-refractivity contribution in [2.24, 2.45) is 4.99 Å². The average Bonchev–Trinajstić information content (AvgIpc) is 2.75. The third-order valence-electron chi connectivity index (χ3n) is 4.27. The third kappa shape index (κ3) is 9.51. The van der Waals surface area contributed by atoms with E-state index in [2.05, 4.69) is 26.3 Å². The zero-order valence-corrected chi connectivity index (χ0v) is 19.2. The van der Waals surface area contributed by atoms with Gasteiger partial charge in [0.1, 0.15) is 5.60 Å². The van der Waals surface area contributed by atoms with E-state index in [1.54, 1.807) is 19.2 Å². The van der Waals surface area contributed by atoms with Crippen LogP contribution in [0.3, 0.4) is 0 Å². The lowest BCUT2D eigenvalue weighted by Gasteiger charge is -2.19. The highest BCUT2D eigenvalue weighted by molar-refractivity contribution is 5.94. The van der Waals surface area contributed by atoms with E-state index in [1.807, 2.05) is 63.2 Å². The first-order valence-corrected chi connectivity index (χ1v) is 10.6. The van der Waals surface area contributed by atoms with Gasteiger partial charge in [-0.05, 0) is 57.0 Å². The Bertz CT molecular complexity index is 890. The molecule has 172 valence electrons. The minimum Gasteiger partial charge on any atom is -0.444 e. The van der Waals surface area contributed by atoms with Gasteiger partial charge in [0.15, 0.2) is 5.96 Å². The number of carbonyl (C=O) groups is 2. The van der Waals surface area contributed by atoms with Gasteiger partial charge in [0.25, 0.3) is 5.91 Å². The summed E-state index contributed by atoms with van der Waals surface area (Å²) >= 11 is 0. The number of ether oxygens (including phenoxy) is 1. The minimum atomic E-state index is -0.532. The van der Waals surface area contributed by atoms with Crippen LogP contribution in [0.15, 0.2) is 59.6 Å². The predicted molar refractivity (Wildman–Crippen MR) is 128 cm³/mol. The number of anilines is 1. The van der Waals surface area contributed by atoms with Gasteiger partial charge in [0.2, 0.25) is 0 Å². The third-order valence-corrected chi connectivity index (χ3v) is 4.27. The Morgan fingerprint density at radius 3 is 2.12 bits per heavy atom. The van der Waals surface area contributed by atoms with E-state index in [4.69, 9.17) is 4.74 Å². The maximum atomic E-state index is 12.0. The van der Waals surface area contributed by atoms with Crippen LogP contribution in [0, 0.1) is 0 Å². The van der Waals surface area contributed by atoms with Crippen molar-refractivity contribution in [2.75, 3.05) is 32.0 Å². The van der Waals surface area contributed by atoms with Gasteiger partial charge >= 0.3 is 6.09 Å². The molecule has 0 radical (unpaired) electrons. The van der Waals surface area contributed by atoms with Gasteiger partial charge in [-0.1, -0.05) is 30.3 Å². The molecule has 0 atom stereocenters. The smallest absolute Gasteiger partial charge is 0.412 e. The van der Waals surface area contributed by atoms with E-state index < -0.39 is 11.7 Å². The fourth-order valence-electron chi connectivity index (χ4n) is 2.77. The van der Waals surface area contributed by atoms with Crippen LogP contribution in [0.5, 0.6) is 0 Å². The summed E-state index contributed by atoms with van der Waals surface area (Å²) in [5, 5.41) is 12.0. The monoisotopic (exact) mass is 439 g/mol. The van der Waals surface area contributed by atoms with Crippen LogP contribution < -0.4 is 21.3 Å². The first-order valence-electron chi connectivity index (χ1n) is 10.6. The Kier molecular flexibility index (Phi) is 9.53. The molecule has 2 aromatic rings. The Morgan fingerprint density at radius 1 is 0.875 bits per heavy atom. The maximum Gasteiger partial charge on any atom is 0.412 e. The predicted octanol–water partition coefficient (Wildman–Crippen LogP) is 3.17. The molecule has 32 heavy (non-hydrogen) atoms. The average molecular weight is 440 g/mol. The SMILES string of the molecule is CN=C(NCCNC(=O)c1ccccc1)NCCc1ccc(NC(=O)OC(C)(C)C)cc1. The van der Waals surface area contributed by atoms with Crippen molar-refractivity contribution in [1.29, 1.82) is 0 Å². The summed E-state index contributed by atoms with van der Waals surface area (Å²) < 4.78 is 5.25. The van der Waals surface area contributed by atoms with E-state index in [-0.39, 0.29) is 5.91 Å². The Balaban J connectivity index is 1.66. The molecule has 0 fully saturated rings. The molecule has 2 amide bonds. The zero-order chi connectivity index (χ0) is 23.4. The van der Waals surface area contributed by atoms with Gasteiger partial charge in [-0.3, -0.25) is 15.1 Å². The molecule has 0 aliphatic rings. The van der Waals surface area contributed by atoms with Crippen LogP contribution in [-0.2, 0) is 11.2 Å². The normalized spacial score (nSPS) is 11.4. The highest BCUT2D eigenvalue weighted by atomic mass is 16.6. The fraction of sp³-hybridized carbons (Fsp3) is 0.375. The summed E-state index contributed by atoms with van der Waals surface area (Å²) in [6, 6.07) is 16.7. The van der Waals surface area contributed by atoms with Crippen LogP contribution in [0.2, 0.25) is 0 Å². The highest BCUT2D eigenvalue weighted by Gasteiger charge is 2.16. The molecule has 0 saturated heterocycles. The second kappa shape index (κ2) is 12.3. The second-order valence-corrected chi connectivity index (χ2v) is 8.12. The Morgan fingerprint density at radius 2 is 1.50 bits per heavy atom. The van der Waals surface area contributed by atoms with Crippen LogP contribution in [0.1, 0.15) is 36.7 Å². The molecule has 0 spiro atoms. The molecule has 0 aliphatic heterocycles. The van der Waals surface area contributed by atoms with Gasteiger partial charge in [0, 0.05) is 37.9 Å². The molecule has 8 heteroatoms. The standard InChI is InChI=1S/C24H33N5O3/c1-24(2,3)32-23(31)29-20-12-10-18(11-13-20)14-15-27-22(25-4)28-17-16-26-21(30)19-8-6-5-7-9-19/h5-13H,14-17H2,1-4H3,(H,26,30)(H,29,31)(H2,25,27,28). The zero-order valence-electron chi connectivity index (χ0n) is 19.2. The summed E-state index contributed by atoms with van der Waals surface area (Å²) in [4.78, 5) is 28.0. The van der Waals surface area contributed by atoms with E-state index >= 15 is 0 Å². The summed E-state index contributed by atoms with van der Waals surface area (Å²) in [5.74, 6) is 0.571. The lowest BCUT2D eigenvalue weighted by Crippen LogP contribution is -2.42. The van der Waals surface area contributed by atoms with Gasteiger partial charge in [-0.25, -0.2) is 4.79 Å². The van der Waals surface area contributed by atoms with E-state index in [0.29, 0.717) is 36.8 Å². The largest absolute Gasteiger partial charge is 0.444 e. The second-order valence-electron chi connectivity index (χ2n) is 8.12. The van der Waals surface area contributed by atoms with Crippen LogP contribution in [0.4, 0.5) is 10.5 Å². The van der Waals surface area contributed by atoms with Crippen molar-refractivity contribution in [2.45, 2.75) is 32.8 Å². The molecule has 0 heterocycles. The van der Waals surface area contributed by atoms with Crippen LogP contribution in [-0.4, -0.2) is 50.2 Å². The molecule has 0 saturated carbocycles. The minimum absolute atomic E-state index is 0.0973. The molecular weight excluding hydrogens is 406 g/mol. The number of hydrogen-bond acceptors (Lipinski definition) is 4. The number of amides is 2. The molecule has 4 N–H and O–H groups in total. The number of rotatable bonds is 8. The molecule has 0 unspecified atom stereocenters. The number of carbonyl (C=O) groups excluding carboxylic acids is 2. The summed E-state index contributed by atoms with van der Waals surface area (Å²) in [7, 11) is 1.70. The summed E-state index contributed by atoms with van der Waals surface area (Å²) in [6.07, 6.45) is 0.319. The number of guanidine groups is 1. The maximum absolute atomic E-state index is 12.0. The summed E-state index contributed by atoms with van der Waals surface area (Å²) in [6.45, 7) is 7.21.